The van der Waals surface area contributed by atoms with E-state index in [2.05, 4.69) is 18.7 Å². The van der Waals surface area contributed by atoms with Crippen molar-refractivity contribution in [1.29, 1.82) is 0 Å². The first-order valence-corrected chi connectivity index (χ1v) is 8.42. The van der Waals surface area contributed by atoms with Gasteiger partial charge in [-0.25, -0.2) is 0 Å². The molecule has 1 aliphatic rings. The third kappa shape index (κ3) is 3.87. The molecular formula is C15H22N2OS2. The van der Waals surface area contributed by atoms with Crippen LogP contribution in [0.1, 0.15) is 19.4 Å². The van der Waals surface area contributed by atoms with Crippen LogP contribution in [0, 0.1) is 0 Å². The molecule has 0 amide bonds. The largest absolute Gasteiger partial charge is 0.492 e. The first-order chi connectivity index (χ1) is 9.59. The number of thiocarbonyl (C=S) groups is 1. The van der Waals surface area contributed by atoms with Crippen LogP contribution in [0.5, 0.6) is 5.75 Å². The molecule has 2 N–H and O–H groups in total. The van der Waals surface area contributed by atoms with Crippen LogP contribution in [0.15, 0.2) is 24.3 Å². The molecule has 0 aromatic heterocycles. The van der Waals surface area contributed by atoms with Gasteiger partial charge in [-0.1, -0.05) is 31.3 Å². The number of nitrogens with zero attached hydrogens (tertiary/aromatic N) is 1. The average Bonchev–Trinajstić information content (AvgIpc) is 2.44. The van der Waals surface area contributed by atoms with Gasteiger partial charge in [0.05, 0.1) is 5.56 Å². The summed E-state index contributed by atoms with van der Waals surface area (Å²) in [6.07, 6.45) is 0. The maximum Gasteiger partial charge on any atom is 0.129 e. The molecule has 1 fully saturated rings. The van der Waals surface area contributed by atoms with Crippen molar-refractivity contribution in [3.8, 4) is 5.75 Å². The van der Waals surface area contributed by atoms with E-state index in [1.54, 1.807) is 0 Å². The fraction of sp³-hybridized carbons (Fsp3) is 0.533. The lowest BCUT2D eigenvalue weighted by Crippen LogP contribution is -2.46. The smallest absolute Gasteiger partial charge is 0.129 e. The molecule has 2 atom stereocenters. The van der Waals surface area contributed by atoms with Gasteiger partial charge in [0.2, 0.25) is 0 Å². The van der Waals surface area contributed by atoms with Crippen LogP contribution >= 0.6 is 24.0 Å². The third-order valence-electron chi connectivity index (χ3n) is 3.80. The number of nitrogens with two attached hydrogens (primary N) is 1. The Morgan fingerprint density at radius 2 is 2.20 bits per heavy atom. The molecule has 0 aliphatic carbocycles. The minimum atomic E-state index is 0.386. The molecule has 20 heavy (non-hydrogen) atoms. The predicted octanol–water partition coefficient (Wildman–Crippen LogP) is 2.53. The van der Waals surface area contributed by atoms with Crippen molar-refractivity contribution in [2.75, 3.05) is 25.4 Å². The summed E-state index contributed by atoms with van der Waals surface area (Å²) in [6.45, 7) is 7.33. The van der Waals surface area contributed by atoms with Gasteiger partial charge in [-0.05, 0) is 19.1 Å². The van der Waals surface area contributed by atoms with E-state index < -0.39 is 0 Å². The van der Waals surface area contributed by atoms with Gasteiger partial charge >= 0.3 is 0 Å². The predicted molar refractivity (Wildman–Crippen MR) is 90.8 cm³/mol. The summed E-state index contributed by atoms with van der Waals surface area (Å²) in [6, 6.07) is 8.29. The van der Waals surface area contributed by atoms with Crippen molar-refractivity contribution in [2.24, 2.45) is 5.73 Å². The number of ether oxygens (including phenoxy) is 1. The van der Waals surface area contributed by atoms with E-state index in [0.717, 1.165) is 24.4 Å². The van der Waals surface area contributed by atoms with E-state index in [4.69, 9.17) is 22.7 Å². The normalized spacial score (nSPS) is 23.5. The maximum atomic E-state index is 5.87. The van der Waals surface area contributed by atoms with Gasteiger partial charge in [0.1, 0.15) is 17.3 Å². The minimum absolute atomic E-state index is 0.386. The Morgan fingerprint density at radius 3 is 2.95 bits per heavy atom. The molecule has 2 unspecified atom stereocenters. The lowest BCUT2D eigenvalue weighted by Gasteiger charge is -2.37. The lowest BCUT2D eigenvalue weighted by molar-refractivity contribution is 0.170. The van der Waals surface area contributed by atoms with Crippen molar-refractivity contribution in [2.45, 2.75) is 25.1 Å². The molecule has 5 heteroatoms. The molecule has 1 aromatic carbocycles. The molecule has 0 bridgehead atoms. The Balaban J connectivity index is 1.88. The molecule has 2 rings (SSSR count). The van der Waals surface area contributed by atoms with Gasteiger partial charge in [-0.15, -0.1) is 0 Å². The van der Waals surface area contributed by atoms with Crippen LogP contribution in [0.3, 0.4) is 0 Å². The second-order valence-corrected chi connectivity index (χ2v) is 6.99. The quantitative estimate of drug-likeness (QED) is 0.846. The second kappa shape index (κ2) is 7.29. The highest BCUT2D eigenvalue weighted by atomic mass is 32.2. The zero-order valence-corrected chi connectivity index (χ0v) is 13.7. The molecule has 0 spiro atoms. The van der Waals surface area contributed by atoms with Gasteiger partial charge in [0.25, 0.3) is 0 Å². The SMILES string of the molecule is CC1SCCN(CCOc2ccccc2C(N)=S)C1C. The van der Waals surface area contributed by atoms with E-state index >= 15 is 0 Å². The molecule has 3 nitrogen and oxygen atoms in total. The fourth-order valence-corrected chi connectivity index (χ4v) is 3.71. The Hall–Kier alpha value is -0.780. The van der Waals surface area contributed by atoms with Gasteiger partial charge in [0.15, 0.2) is 0 Å². The van der Waals surface area contributed by atoms with Crippen LogP contribution in [-0.4, -0.2) is 46.6 Å². The van der Waals surface area contributed by atoms with Gasteiger partial charge in [0, 0.05) is 30.1 Å². The average molecular weight is 310 g/mol. The molecule has 1 heterocycles. The number of thioether (sulfide) groups is 1. The van der Waals surface area contributed by atoms with Gasteiger partial charge in [-0.3, -0.25) is 4.90 Å². The standard InChI is InChI=1S/C15H22N2OS2/c1-11-12(2)20-10-8-17(11)7-9-18-14-6-4-3-5-13(14)15(16)19/h3-6,11-12H,7-10H2,1-2H3,(H2,16,19). The topological polar surface area (TPSA) is 38.5 Å². The molecular weight excluding hydrogens is 288 g/mol. The van der Waals surface area contributed by atoms with Crippen LogP contribution in [0.2, 0.25) is 0 Å². The molecule has 1 aliphatic heterocycles. The first-order valence-electron chi connectivity index (χ1n) is 6.97. The molecule has 1 aromatic rings. The summed E-state index contributed by atoms with van der Waals surface area (Å²) < 4.78 is 5.87. The van der Waals surface area contributed by atoms with Crippen molar-refractivity contribution in [1.82, 2.24) is 4.90 Å². The van der Waals surface area contributed by atoms with Crippen molar-refractivity contribution < 1.29 is 4.74 Å². The van der Waals surface area contributed by atoms with Gasteiger partial charge in [-0.2, -0.15) is 11.8 Å². The number of para-hydroxylation sites is 1. The molecule has 1 saturated heterocycles. The highest BCUT2D eigenvalue weighted by Gasteiger charge is 2.24. The molecule has 110 valence electrons. The Labute approximate surface area is 130 Å². The summed E-state index contributed by atoms with van der Waals surface area (Å²) in [5.74, 6) is 1.99. The summed E-state index contributed by atoms with van der Waals surface area (Å²) in [7, 11) is 0. The molecule has 0 saturated carbocycles. The third-order valence-corrected chi connectivity index (χ3v) is 5.36. The van der Waals surface area contributed by atoms with Crippen LogP contribution in [0.4, 0.5) is 0 Å². The van der Waals surface area contributed by atoms with E-state index in [-0.39, 0.29) is 0 Å². The zero-order valence-electron chi connectivity index (χ0n) is 12.0. The van der Waals surface area contributed by atoms with E-state index in [0.29, 0.717) is 22.9 Å². The van der Waals surface area contributed by atoms with Crippen LogP contribution in [0.25, 0.3) is 0 Å². The van der Waals surface area contributed by atoms with Crippen molar-refractivity contribution in [3.05, 3.63) is 29.8 Å². The maximum absolute atomic E-state index is 5.87. The minimum Gasteiger partial charge on any atom is -0.492 e. The summed E-state index contributed by atoms with van der Waals surface area (Å²) >= 11 is 7.09. The number of hydrogen-bond donors (Lipinski definition) is 1. The summed E-state index contributed by atoms with van der Waals surface area (Å²) in [5.41, 5.74) is 6.53. The van der Waals surface area contributed by atoms with Crippen LogP contribution in [-0.2, 0) is 0 Å². The summed E-state index contributed by atoms with van der Waals surface area (Å²) in [4.78, 5) is 2.88. The summed E-state index contributed by atoms with van der Waals surface area (Å²) in [5, 5.41) is 0.688. The number of hydrogen-bond acceptors (Lipinski definition) is 4. The Kier molecular flexibility index (Phi) is 5.69. The number of benzene rings is 1. The highest BCUT2D eigenvalue weighted by molar-refractivity contribution is 8.00. The monoisotopic (exact) mass is 310 g/mol. The van der Waals surface area contributed by atoms with Crippen molar-refractivity contribution >= 4 is 29.0 Å². The van der Waals surface area contributed by atoms with Crippen molar-refractivity contribution in [3.63, 3.8) is 0 Å². The number of rotatable bonds is 5. The highest BCUT2D eigenvalue weighted by Crippen LogP contribution is 2.24. The molecule has 0 radical (unpaired) electrons. The fourth-order valence-electron chi connectivity index (χ4n) is 2.38. The van der Waals surface area contributed by atoms with E-state index in [9.17, 15) is 0 Å². The van der Waals surface area contributed by atoms with Gasteiger partial charge < -0.3 is 10.5 Å². The Morgan fingerprint density at radius 1 is 1.45 bits per heavy atom. The zero-order chi connectivity index (χ0) is 14.5. The Bertz CT molecular complexity index is 467. The van der Waals surface area contributed by atoms with Crippen LogP contribution < -0.4 is 10.5 Å². The van der Waals surface area contributed by atoms with E-state index in [1.165, 1.54) is 5.75 Å². The lowest BCUT2D eigenvalue weighted by atomic mass is 10.2. The first kappa shape index (κ1) is 15.6. The second-order valence-electron chi connectivity index (χ2n) is 5.06. The van der Waals surface area contributed by atoms with E-state index in [1.807, 2.05) is 36.0 Å².